The molecule has 0 atom stereocenters. The molecule has 4 aromatic rings. The van der Waals surface area contributed by atoms with Gasteiger partial charge >= 0.3 is 0 Å². The van der Waals surface area contributed by atoms with Crippen LogP contribution in [0, 0.1) is 17.0 Å². The number of hydrogen-bond acceptors (Lipinski definition) is 7. The van der Waals surface area contributed by atoms with Gasteiger partial charge < -0.3 is 14.6 Å². The summed E-state index contributed by atoms with van der Waals surface area (Å²) in [6.07, 6.45) is 1.16. The second kappa shape index (κ2) is 7.49. The Morgan fingerprint density at radius 1 is 1.20 bits per heavy atom. The van der Waals surface area contributed by atoms with Crippen LogP contribution in [0.3, 0.4) is 0 Å². The van der Waals surface area contributed by atoms with Gasteiger partial charge in [0.25, 0.3) is 5.69 Å². The number of aliphatic imine (C=N–C) groups is 1. The average molecular weight is 423 g/mol. The average Bonchev–Trinajstić information content (AvgIpc) is 3.10. The predicted molar refractivity (Wildman–Crippen MR) is 111 cm³/mol. The van der Waals surface area contributed by atoms with Crippen molar-refractivity contribution in [1.29, 1.82) is 0 Å². The molecule has 4 rings (SSSR count). The van der Waals surface area contributed by atoms with Crippen molar-refractivity contribution >= 4 is 40.3 Å². The fraction of sp³-hybridized carbons (Fsp3) is 0.0476. The van der Waals surface area contributed by atoms with Gasteiger partial charge in [0.05, 0.1) is 16.2 Å². The van der Waals surface area contributed by atoms with Crippen molar-refractivity contribution in [2.75, 3.05) is 0 Å². The standard InChI is InChI=1S/C21H14ClN3O5/c1-11-2-5-16-19(6-11)30-21(24-16)15-4-3-14(9-18(15)26)23-10-12-7-13(22)8-17(20(12)27)25(28)29/h2-10,26-27H,1H3/p-1. The molecule has 0 spiro atoms. The molecule has 3 aromatic carbocycles. The summed E-state index contributed by atoms with van der Waals surface area (Å²) < 4.78 is 5.72. The van der Waals surface area contributed by atoms with Crippen LogP contribution < -0.4 is 5.11 Å². The molecular weight excluding hydrogens is 410 g/mol. The highest BCUT2D eigenvalue weighted by atomic mass is 35.5. The number of phenols is 1. The van der Waals surface area contributed by atoms with Crippen molar-refractivity contribution in [3.8, 4) is 23.0 Å². The third kappa shape index (κ3) is 3.68. The smallest absolute Gasteiger partial charge is 0.263 e. The molecule has 0 amide bonds. The first-order chi connectivity index (χ1) is 14.3. The van der Waals surface area contributed by atoms with Crippen LogP contribution in [0.15, 0.2) is 57.9 Å². The van der Waals surface area contributed by atoms with Gasteiger partial charge in [-0.3, -0.25) is 15.1 Å². The lowest BCUT2D eigenvalue weighted by Gasteiger charge is -2.10. The number of oxazole rings is 1. The molecule has 9 heteroatoms. The van der Waals surface area contributed by atoms with Gasteiger partial charge in [0.2, 0.25) is 5.89 Å². The summed E-state index contributed by atoms with van der Waals surface area (Å²) >= 11 is 5.84. The number of hydrogen-bond donors (Lipinski definition) is 1. The van der Waals surface area contributed by atoms with Gasteiger partial charge in [-0.2, -0.15) is 0 Å². The molecule has 1 aromatic heterocycles. The summed E-state index contributed by atoms with van der Waals surface area (Å²) in [5.41, 5.74) is 2.34. The molecule has 8 nitrogen and oxygen atoms in total. The summed E-state index contributed by atoms with van der Waals surface area (Å²) in [7, 11) is 0. The van der Waals surface area contributed by atoms with Crippen LogP contribution in [0.25, 0.3) is 22.6 Å². The number of rotatable bonds is 4. The minimum absolute atomic E-state index is 0.0351. The van der Waals surface area contributed by atoms with Gasteiger partial charge in [0.15, 0.2) is 5.58 Å². The van der Waals surface area contributed by atoms with Gasteiger partial charge in [-0.05, 0) is 54.1 Å². The first-order valence-corrected chi connectivity index (χ1v) is 9.09. The van der Waals surface area contributed by atoms with Crippen LogP contribution >= 0.6 is 11.6 Å². The minimum atomic E-state index is -0.798. The van der Waals surface area contributed by atoms with Gasteiger partial charge in [-0.1, -0.05) is 17.7 Å². The Hall–Kier alpha value is -3.91. The van der Waals surface area contributed by atoms with Crippen LogP contribution in [0.4, 0.5) is 11.4 Å². The van der Waals surface area contributed by atoms with Crippen LogP contribution in [-0.2, 0) is 0 Å². The molecule has 0 aliphatic carbocycles. The van der Waals surface area contributed by atoms with E-state index >= 15 is 0 Å². The molecule has 0 saturated carbocycles. The molecule has 0 radical (unpaired) electrons. The molecule has 0 unspecified atom stereocenters. The van der Waals surface area contributed by atoms with Gasteiger partial charge in [-0.15, -0.1) is 0 Å². The van der Waals surface area contributed by atoms with E-state index in [0.717, 1.165) is 17.8 Å². The monoisotopic (exact) mass is 422 g/mol. The van der Waals surface area contributed by atoms with Crippen LogP contribution in [0.2, 0.25) is 5.02 Å². The summed E-state index contributed by atoms with van der Waals surface area (Å²) in [4.78, 5) is 18.6. The zero-order chi connectivity index (χ0) is 21.4. The zero-order valence-electron chi connectivity index (χ0n) is 15.5. The van der Waals surface area contributed by atoms with Crippen molar-refractivity contribution < 1.29 is 19.6 Å². The Bertz CT molecular complexity index is 1330. The number of halogens is 1. The number of nitrogens with zero attached hydrogens (tertiary/aromatic N) is 3. The zero-order valence-corrected chi connectivity index (χ0v) is 16.3. The summed E-state index contributed by atoms with van der Waals surface area (Å²) in [6, 6.07) is 12.4. The molecule has 1 heterocycles. The fourth-order valence-corrected chi connectivity index (χ4v) is 3.12. The second-order valence-electron chi connectivity index (χ2n) is 6.55. The normalized spacial score (nSPS) is 11.4. The molecule has 1 N–H and O–H groups in total. The summed E-state index contributed by atoms with van der Waals surface area (Å²) in [5, 5.41) is 33.5. The highest BCUT2D eigenvalue weighted by molar-refractivity contribution is 6.31. The molecule has 150 valence electrons. The second-order valence-corrected chi connectivity index (χ2v) is 6.99. The number of fused-ring (bicyclic) bond motifs is 1. The van der Waals surface area contributed by atoms with E-state index in [9.17, 15) is 20.3 Å². The van der Waals surface area contributed by atoms with E-state index in [1.165, 1.54) is 12.1 Å². The Kier molecular flexibility index (Phi) is 4.85. The minimum Gasteiger partial charge on any atom is -0.867 e. The van der Waals surface area contributed by atoms with E-state index < -0.39 is 16.4 Å². The number of aromatic nitrogens is 1. The van der Waals surface area contributed by atoms with Crippen LogP contribution in [0.5, 0.6) is 11.5 Å². The van der Waals surface area contributed by atoms with E-state index in [0.29, 0.717) is 22.4 Å². The molecular formula is C21H13ClN3O5-. The molecule has 0 aliphatic heterocycles. The van der Waals surface area contributed by atoms with Gasteiger partial charge in [0, 0.05) is 23.4 Å². The quantitative estimate of drug-likeness (QED) is 0.283. The summed E-state index contributed by atoms with van der Waals surface area (Å²) in [5.74, 6) is -0.654. The van der Waals surface area contributed by atoms with E-state index in [1.54, 1.807) is 12.1 Å². The SMILES string of the molecule is Cc1ccc2nc(-c3ccc(N=Cc4cc(Cl)cc([N+](=O)[O-])c4[O-])cc3O)oc2c1. The molecule has 0 fully saturated rings. The van der Waals surface area contributed by atoms with Crippen molar-refractivity contribution in [1.82, 2.24) is 4.98 Å². The molecule has 0 aliphatic rings. The Balaban J connectivity index is 1.66. The van der Waals surface area contributed by atoms with E-state index in [1.807, 2.05) is 25.1 Å². The highest BCUT2D eigenvalue weighted by Crippen LogP contribution is 2.35. The third-order valence-corrected chi connectivity index (χ3v) is 4.59. The van der Waals surface area contributed by atoms with Gasteiger partial charge in [0.1, 0.15) is 11.3 Å². The number of nitro groups is 1. The van der Waals surface area contributed by atoms with Crippen molar-refractivity contribution in [3.05, 3.63) is 74.8 Å². The van der Waals surface area contributed by atoms with Crippen molar-refractivity contribution in [3.63, 3.8) is 0 Å². The predicted octanol–water partition coefficient (Wildman–Crippen LogP) is 4.89. The fourth-order valence-electron chi connectivity index (χ4n) is 2.90. The lowest BCUT2D eigenvalue weighted by Crippen LogP contribution is -2.02. The van der Waals surface area contributed by atoms with E-state index in [2.05, 4.69) is 9.98 Å². The first kappa shape index (κ1) is 19.4. The van der Waals surface area contributed by atoms with Crippen molar-refractivity contribution in [2.24, 2.45) is 4.99 Å². The van der Waals surface area contributed by atoms with Crippen LogP contribution in [-0.4, -0.2) is 21.2 Å². The Morgan fingerprint density at radius 3 is 2.73 bits per heavy atom. The van der Waals surface area contributed by atoms with Crippen molar-refractivity contribution in [2.45, 2.75) is 6.92 Å². The van der Waals surface area contributed by atoms with Crippen LogP contribution in [0.1, 0.15) is 11.1 Å². The lowest BCUT2D eigenvalue weighted by atomic mass is 10.1. The maximum absolute atomic E-state index is 12.1. The molecule has 30 heavy (non-hydrogen) atoms. The molecule has 0 bridgehead atoms. The Morgan fingerprint density at radius 2 is 2.00 bits per heavy atom. The highest BCUT2D eigenvalue weighted by Gasteiger charge is 2.14. The maximum atomic E-state index is 12.1. The Labute approximate surface area is 174 Å². The third-order valence-electron chi connectivity index (χ3n) is 4.37. The number of aryl methyl sites for hydroxylation is 1. The largest absolute Gasteiger partial charge is 0.867 e. The lowest BCUT2D eigenvalue weighted by molar-refractivity contribution is -0.398. The number of aromatic hydroxyl groups is 1. The van der Waals surface area contributed by atoms with E-state index in [4.69, 9.17) is 16.0 Å². The first-order valence-electron chi connectivity index (χ1n) is 8.71. The van der Waals surface area contributed by atoms with Gasteiger partial charge in [-0.25, -0.2) is 4.98 Å². The molecule has 0 saturated heterocycles. The summed E-state index contributed by atoms with van der Waals surface area (Å²) in [6.45, 7) is 1.94. The number of benzene rings is 3. The topological polar surface area (TPSA) is 125 Å². The van der Waals surface area contributed by atoms with E-state index in [-0.39, 0.29) is 22.2 Å². The number of nitro benzene ring substituents is 1. The maximum Gasteiger partial charge on any atom is 0.263 e. The number of phenolic OH excluding ortho intramolecular Hbond substituents is 1.